The van der Waals surface area contributed by atoms with E-state index in [4.69, 9.17) is 0 Å². The number of hydrogen-bond acceptors (Lipinski definition) is 2. The van der Waals surface area contributed by atoms with Crippen molar-refractivity contribution in [3.63, 3.8) is 0 Å². The van der Waals surface area contributed by atoms with Gasteiger partial charge in [0.15, 0.2) is 0 Å². The van der Waals surface area contributed by atoms with Crippen LogP contribution in [0.25, 0.3) is 0 Å². The smallest absolute Gasteiger partial charge is 0.0694 e. The van der Waals surface area contributed by atoms with E-state index in [2.05, 4.69) is 61.6 Å². The Kier molecular flexibility index (Phi) is 4.96. The van der Waals surface area contributed by atoms with Crippen LogP contribution in [-0.4, -0.2) is 16.3 Å². The van der Waals surface area contributed by atoms with Crippen molar-refractivity contribution in [1.82, 2.24) is 15.1 Å². The molecule has 0 amide bonds. The summed E-state index contributed by atoms with van der Waals surface area (Å²) in [5.41, 5.74) is 5.24. The molecule has 0 radical (unpaired) electrons. The van der Waals surface area contributed by atoms with Gasteiger partial charge in [-0.15, -0.1) is 0 Å². The standard InChI is InChI=1S/C17H25N3/c1-13(2)17-16(12-20(4)19-17)11-18-9-8-15-7-5-6-14(3)10-15/h5-7,10,12-13,18H,8-9,11H2,1-4H3. The van der Waals surface area contributed by atoms with Crippen LogP contribution < -0.4 is 5.32 Å². The average molecular weight is 271 g/mol. The Bertz CT molecular complexity index is 555. The Hall–Kier alpha value is -1.61. The van der Waals surface area contributed by atoms with E-state index in [0.29, 0.717) is 5.92 Å². The van der Waals surface area contributed by atoms with Crippen molar-refractivity contribution in [3.05, 3.63) is 52.8 Å². The summed E-state index contributed by atoms with van der Waals surface area (Å²) >= 11 is 0. The first kappa shape index (κ1) is 14.8. The summed E-state index contributed by atoms with van der Waals surface area (Å²) in [4.78, 5) is 0. The van der Waals surface area contributed by atoms with E-state index in [1.54, 1.807) is 0 Å². The van der Waals surface area contributed by atoms with Crippen LogP contribution in [0.15, 0.2) is 30.5 Å². The molecule has 3 nitrogen and oxygen atoms in total. The number of aromatic nitrogens is 2. The third kappa shape index (κ3) is 3.94. The van der Waals surface area contributed by atoms with Gasteiger partial charge in [0, 0.05) is 25.4 Å². The SMILES string of the molecule is Cc1cccc(CCNCc2cn(C)nc2C(C)C)c1. The maximum absolute atomic E-state index is 4.54. The highest BCUT2D eigenvalue weighted by Crippen LogP contribution is 2.16. The lowest BCUT2D eigenvalue weighted by atomic mass is 10.1. The van der Waals surface area contributed by atoms with Crippen molar-refractivity contribution in [1.29, 1.82) is 0 Å². The number of rotatable bonds is 6. The first-order chi connectivity index (χ1) is 9.56. The van der Waals surface area contributed by atoms with Crippen LogP contribution in [0.3, 0.4) is 0 Å². The largest absolute Gasteiger partial charge is 0.312 e. The van der Waals surface area contributed by atoms with Gasteiger partial charge in [-0.25, -0.2) is 0 Å². The maximum atomic E-state index is 4.54. The molecule has 0 atom stereocenters. The molecule has 0 aliphatic carbocycles. The van der Waals surface area contributed by atoms with Gasteiger partial charge < -0.3 is 5.32 Å². The Labute approximate surface area is 122 Å². The van der Waals surface area contributed by atoms with Crippen molar-refractivity contribution in [3.8, 4) is 0 Å². The molecule has 0 saturated heterocycles. The minimum absolute atomic E-state index is 0.477. The van der Waals surface area contributed by atoms with Gasteiger partial charge in [-0.1, -0.05) is 43.7 Å². The summed E-state index contributed by atoms with van der Waals surface area (Å²) < 4.78 is 1.91. The van der Waals surface area contributed by atoms with E-state index >= 15 is 0 Å². The van der Waals surface area contributed by atoms with E-state index in [0.717, 1.165) is 19.5 Å². The molecule has 2 aromatic rings. The molecule has 0 fully saturated rings. The van der Waals surface area contributed by atoms with E-state index in [1.165, 1.54) is 22.4 Å². The molecule has 0 unspecified atom stereocenters. The fraction of sp³-hybridized carbons (Fsp3) is 0.471. The molecule has 0 bridgehead atoms. The average Bonchev–Trinajstić information content (AvgIpc) is 2.76. The minimum Gasteiger partial charge on any atom is -0.312 e. The highest BCUT2D eigenvalue weighted by Gasteiger charge is 2.10. The van der Waals surface area contributed by atoms with Gasteiger partial charge in [-0.2, -0.15) is 5.10 Å². The monoisotopic (exact) mass is 271 g/mol. The lowest BCUT2D eigenvalue weighted by molar-refractivity contribution is 0.674. The summed E-state index contributed by atoms with van der Waals surface area (Å²) in [5.74, 6) is 0.477. The highest BCUT2D eigenvalue weighted by molar-refractivity contribution is 5.23. The summed E-state index contributed by atoms with van der Waals surface area (Å²) in [6, 6.07) is 8.72. The number of hydrogen-bond donors (Lipinski definition) is 1. The third-order valence-corrected chi connectivity index (χ3v) is 3.47. The molecule has 0 spiro atoms. The normalized spacial score (nSPS) is 11.2. The predicted octanol–water partition coefficient (Wildman–Crippen LogP) is 3.18. The first-order valence-corrected chi connectivity index (χ1v) is 7.35. The molecular weight excluding hydrogens is 246 g/mol. The molecule has 1 heterocycles. The van der Waals surface area contributed by atoms with Gasteiger partial charge in [-0.3, -0.25) is 4.68 Å². The molecule has 108 valence electrons. The van der Waals surface area contributed by atoms with Gasteiger partial charge in [0.05, 0.1) is 5.69 Å². The van der Waals surface area contributed by atoms with Crippen LogP contribution >= 0.6 is 0 Å². The Morgan fingerprint density at radius 3 is 2.80 bits per heavy atom. The lowest BCUT2D eigenvalue weighted by Gasteiger charge is -2.07. The summed E-state index contributed by atoms with van der Waals surface area (Å²) in [5, 5.41) is 8.06. The molecule has 1 aromatic heterocycles. The van der Waals surface area contributed by atoms with E-state index < -0.39 is 0 Å². The number of benzene rings is 1. The molecule has 0 aliphatic rings. The van der Waals surface area contributed by atoms with Crippen LogP contribution in [0.5, 0.6) is 0 Å². The molecule has 1 aromatic carbocycles. The Morgan fingerprint density at radius 2 is 2.10 bits per heavy atom. The van der Waals surface area contributed by atoms with Crippen LogP contribution in [-0.2, 0) is 20.0 Å². The van der Waals surface area contributed by atoms with Crippen LogP contribution in [0.1, 0.15) is 42.1 Å². The van der Waals surface area contributed by atoms with Gasteiger partial charge >= 0.3 is 0 Å². The first-order valence-electron chi connectivity index (χ1n) is 7.35. The fourth-order valence-electron chi connectivity index (χ4n) is 2.50. The van der Waals surface area contributed by atoms with E-state index in [1.807, 2.05) is 11.7 Å². The molecule has 1 N–H and O–H groups in total. The number of nitrogens with zero attached hydrogens (tertiary/aromatic N) is 2. The van der Waals surface area contributed by atoms with Gasteiger partial charge in [0.2, 0.25) is 0 Å². The van der Waals surface area contributed by atoms with Crippen molar-refractivity contribution in [2.75, 3.05) is 6.54 Å². The predicted molar refractivity (Wildman–Crippen MR) is 83.9 cm³/mol. The molecule has 0 aliphatic heterocycles. The molecule has 3 heteroatoms. The Morgan fingerprint density at radius 1 is 1.30 bits per heavy atom. The minimum atomic E-state index is 0.477. The van der Waals surface area contributed by atoms with Crippen molar-refractivity contribution >= 4 is 0 Å². The summed E-state index contributed by atoms with van der Waals surface area (Å²) in [7, 11) is 1.99. The third-order valence-electron chi connectivity index (χ3n) is 3.47. The molecule has 20 heavy (non-hydrogen) atoms. The maximum Gasteiger partial charge on any atom is 0.0694 e. The second kappa shape index (κ2) is 6.71. The summed E-state index contributed by atoms with van der Waals surface area (Å²) in [6.45, 7) is 8.42. The van der Waals surface area contributed by atoms with Crippen molar-refractivity contribution < 1.29 is 0 Å². The summed E-state index contributed by atoms with van der Waals surface area (Å²) in [6.07, 6.45) is 3.19. The van der Waals surface area contributed by atoms with Crippen molar-refractivity contribution in [2.45, 2.75) is 39.7 Å². The highest BCUT2D eigenvalue weighted by atomic mass is 15.3. The second-order valence-electron chi connectivity index (χ2n) is 5.78. The molecule has 0 saturated carbocycles. The van der Waals surface area contributed by atoms with E-state index in [-0.39, 0.29) is 0 Å². The zero-order valence-electron chi connectivity index (χ0n) is 13.0. The van der Waals surface area contributed by atoms with Gasteiger partial charge in [0.25, 0.3) is 0 Å². The second-order valence-corrected chi connectivity index (χ2v) is 5.78. The fourth-order valence-corrected chi connectivity index (χ4v) is 2.50. The van der Waals surface area contributed by atoms with Crippen LogP contribution in [0.4, 0.5) is 0 Å². The Balaban J connectivity index is 1.84. The van der Waals surface area contributed by atoms with Gasteiger partial charge in [0.1, 0.15) is 0 Å². The zero-order valence-corrected chi connectivity index (χ0v) is 13.0. The number of nitrogens with one attached hydrogen (secondary N) is 1. The van der Waals surface area contributed by atoms with E-state index in [9.17, 15) is 0 Å². The number of aryl methyl sites for hydroxylation is 2. The molecular formula is C17H25N3. The lowest BCUT2D eigenvalue weighted by Crippen LogP contribution is -2.17. The quantitative estimate of drug-likeness (QED) is 0.818. The van der Waals surface area contributed by atoms with Gasteiger partial charge in [-0.05, 0) is 31.4 Å². The molecule has 2 rings (SSSR count). The van der Waals surface area contributed by atoms with Crippen LogP contribution in [0.2, 0.25) is 0 Å². The zero-order chi connectivity index (χ0) is 14.5. The van der Waals surface area contributed by atoms with Crippen molar-refractivity contribution in [2.24, 2.45) is 7.05 Å². The topological polar surface area (TPSA) is 29.9 Å². The van der Waals surface area contributed by atoms with Crippen LogP contribution in [0, 0.1) is 6.92 Å².